The molecule has 0 aromatic heterocycles. The van der Waals surface area contributed by atoms with Gasteiger partial charge in [-0.05, 0) is 12.8 Å². The summed E-state index contributed by atoms with van der Waals surface area (Å²) in [6.07, 6.45) is 20.9. The number of unbranched alkanes of at least 4 members (excludes halogenated alkanes) is 14. The van der Waals surface area contributed by atoms with E-state index in [4.69, 9.17) is 5.73 Å². The maximum Gasteiger partial charge on any atom is 2.00 e. The van der Waals surface area contributed by atoms with Crippen molar-refractivity contribution in [3.05, 3.63) is 0 Å². The van der Waals surface area contributed by atoms with Crippen molar-refractivity contribution in [1.29, 1.82) is 0 Å². The zero-order valence-electron chi connectivity index (χ0n) is 27.6. The summed E-state index contributed by atoms with van der Waals surface area (Å²) in [7, 11) is 0. The molecule has 0 bridgehead atoms. The maximum atomic E-state index is 13.7. The van der Waals surface area contributed by atoms with Gasteiger partial charge in [-0.25, -0.2) is 0 Å². The van der Waals surface area contributed by atoms with Gasteiger partial charge in [0.25, 0.3) is 0 Å². The molecule has 1 saturated heterocycles. The molecule has 42 heavy (non-hydrogen) atoms. The first-order chi connectivity index (χ1) is 19.6. The number of carbonyl (C=O) groups excluding carboxylic acids is 2. The molecule has 0 aliphatic carbocycles. The fourth-order valence-corrected chi connectivity index (χ4v) is 5.36. The van der Waals surface area contributed by atoms with Crippen molar-refractivity contribution in [3.63, 3.8) is 0 Å². The molecule has 0 saturated carbocycles. The molecular formula is C32H68N6O3Zn+2. The predicted octanol–water partition coefficient (Wildman–Crippen LogP) is 3.64. The van der Waals surface area contributed by atoms with E-state index in [0.717, 1.165) is 65.0 Å². The molecule has 9 nitrogen and oxygen atoms in total. The van der Waals surface area contributed by atoms with Gasteiger partial charge in [-0.15, -0.1) is 0 Å². The SMILES string of the molecule is CCCCCCCCCC[C@H](NC(=O)[C@@H](N)CCCCCCCCCC)C(=O)N1CCNCCNCCNCC1.O.[Zn+2]. The molecule has 2 atom stereocenters. The van der Waals surface area contributed by atoms with Crippen LogP contribution in [0.5, 0.6) is 0 Å². The van der Waals surface area contributed by atoms with Crippen molar-refractivity contribution in [2.45, 2.75) is 142 Å². The standard InChI is InChI=1S/C32H66N6O2.H2O.Zn/c1-3-5-7-9-11-13-15-17-19-29(33)31(39)37-30(20-18-16-14-12-10-8-6-4-2)32(40)38-27-25-35-23-21-34-22-24-36-26-28-38;;/h29-30,34-36H,3-28,33H2,1-2H3,(H,37,39);1H2;/q;;+2/t29-,30-;;/m0../s1. The van der Waals surface area contributed by atoms with Crippen LogP contribution >= 0.6 is 0 Å². The van der Waals surface area contributed by atoms with E-state index in [1.807, 2.05) is 4.90 Å². The predicted molar refractivity (Wildman–Crippen MR) is 173 cm³/mol. The molecule has 0 unspecified atom stereocenters. The molecule has 1 heterocycles. The first kappa shape index (κ1) is 43.5. The Morgan fingerprint density at radius 1 is 0.643 bits per heavy atom. The molecule has 0 spiro atoms. The summed E-state index contributed by atoms with van der Waals surface area (Å²) in [5.41, 5.74) is 6.31. The number of carbonyl (C=O) groups is 2. The second-order valence-corrected chi connectivity index (χ2v) is 11.8. The average molecular weight is 650 g/mol. The smallest absolute Gasteiger partial charge is 0.412 e. The van der Waals surface area contributed by atoms with Crippen molar-refractivity contribution >= 4 is 11.8 Å². The number of nitrogens with one attached hydrogen (secondary N) is 4. The van der Waals surface area contributed by atoms with E-state index in [1.54, 1.807) is 0 Å². The Morgan fingerprint density at radius 2 is 1.02 bits per heavy atom. The van der Waals surface area contributed by atoms with E-state index in [1.165, 1.54) is 77.0 Å². The van der Waals surface area contributed by atoms with Crippen LogP contribution in [0.2, 0.25) is 0 Å². The fourth-order valence-electron chi connectivity index (χ4n) is 5.36. The molecule has 1 aliphatic heterocycles. The van der Waals surface area contributed by atoms with E-state index < -0.39 is 12.1 Å². The molecular weight excluding hydrogens is 582 g/mol. The van der Waals surface area contributed by atoms with Gasteiger partial charge in [-0.1, -0.05) is 117 Å². The Bertz CT molecular complexity index is 605. The van der Waals surface area contributed by atoms with Gasteiger partial charge in [0.05, 0.1) is 6.04 Å². The molecule has 0 aromatic carbocycles. The maximum absolute atomic E-state index is 13.7. The monoisotopic (exact) mass is 648 g/mol. The minimum Gasteiger partial charge on any atom is -0.412 e. The van der Waals surface area contributed by atoms with Crippen LogP contribution in [0.25, 0.3) is 0 Å². The number of hydrogen-bond donors (Lipinski definition) is 5. The zero-order valence-corrected chi connectivity index (χ0v) is 30.6. The first-order valence-electron chi connectivity index (χ1n) is 17.1. The van der Waals surface area contributed by atoms with Crippen molar-refractivity contribution in [1.82, 2.24) is 26.2 Å². The van der Waals surface area contributed by atoms with Crippen molar-refractivity contribution in [2.24, 2.45) is 5.73 Å². The molecule has 0 aromatic rings. The van der Waals surface area contributed by atoms with Crippen LogP contribution < -0.4 is 27.0 Å². The molecule has 0 radical (unpaired) electrons. The summed E-state index contributed by atoms with van der Waals surface area (Å²) >= 11 is 0. The van der Waals surface area contributed by atoms with E-state index in [2.05, 4.69) is 35.1 Å². The number of nitrogens with two attached hydrogens (primary N) is 1. The van der Waals surface area contributed by atoms with Crippen LogP contribution in [-0.2, 0) is 29.1 Å². The third kappa shape index (κ3) is 23.8. The van der Waals surface area contributed by atoms with Crippen LogP contribution in [0.15, 0.2) is 0 Å². The third-order valence-corrected chi connectivity index (χ3v) is 8.05. The summed E-state index contributed by atoms with van der Waals surface area (Å²) in [4.78, 5) is 28.7. The second kappa shape index (κ2) is 31.8. The average Bonchev–Trinajstić information content (AvgIpc) is 2.95. The minimum absolute atomic E-state index is 0. The summed E-state index contributed by atoms with van der Waals surface area (Å²) in [5, 5.41) is 13.4. The Balaban J connectivity index is 0. The molecule has 1 aliphatic rings. The third-order valence-electron chi connectivity index (χ3n) is 8.05. The van der Waals surface area contributed by atoms with Gasteiger partial charge in [-0.3, -0.25) is 9.59 Å². The number of amides is 2. The number of hydrogen-bond acceptors (Lipinski definition) is 6. The van der Waals surface area contributed by atoms with Gasteiger partial charge < -0.3 is 37.4 Å². The van der Waals surface area contributed by atoms with E-state index in [-0.39, 0.29) is 36.8 Å². The van der Waals surface area contributed by atoms with Gasteiger partial charge in [0.2, 0.25) is 11.8 Å². The van der Waals surface area contributed by atoms with Crippen molar-refractivity contribution in [2.75, 3.05) is 52.4 Å². The van der Waals surface area contributed by atoms with Gasteiger partial charge in [0, 0.05) is 52.4 Å². The molecule has 1 rings (SSSR count). The summed E-state index contributed by atoms with van der Waals surface area (Å²) < 4.78 is 0. The van der Waals surface area contributed by atoms with Crippen LogP contribution in [0.4, 0.5) is 0 Å². The van der Waals surface area contributed by atoms with E-state index in [9.17, 15) is 9.59 Å². The van der Waals surface area contributed by atoms with Crippen molar-refractivity contribution < 1.29 is 34.5 Å². The van der Waals surface area contributed by atoms with E-state index >= 15 is 0 Å². The van der Waals surface area contributed by atoms with Gasteiger partial charge in [0.1, 0.15) is 6.04 Å². The number of nitrogens with zero attached hydrogens (tertiary/aromatic N) is 1. The molecule has 1 fully saturated rings. The molecule has 2 amide bonds. The Labute approximate surface area is 271 Å². The normalized spacial score (nSPS) is 16.2. The Hall–Kier alpha value is -0.637. The summed E-state index contributed by atoms with van der Waals surface area (Å²) in [5.74, 6) is -0.133. The Morgan fingerprint density at radius 3 is 1.48 bits per heavy atom. The topological polar surface area (TPSA) is 143 Å². The van der Waals surface area contributed by atoms with Gasteiger partial charge in [-0.2, -0.15) is 0 Å². The molecule has 244 valence electrons. The van der Waals surface area contributed by atoms with Gasteiger partial charge in [0.15, 0.2) is 0 Å². The zero-order chi connectivity index (χ0) is 29.1. The Kier molecular flexibility index (Phi) is 32.9. The largest absolute Gasteiger partial charge is 2.00 e. The quantitative estimate of drug-likeness (QED) is 0.0949. The summed E-state index contributed by atoms with van der Waals surface area (Å²) in [6, 6.07) is -1.04. The van der Waals surface area contributed by atoms with Crippen molar-refractivity contribution in [3.8, 4) is 0 Å². The van der Waals surface area contributed by atoms with Crippen LogP contribution in [0, 0.1) is 0 Å². The van der Waals surface area contributed by atoms with Gasteiger partial charge >= 0.3 is 19.5 Å². The summed E-state index contributed by atoms with van der Waals surface area (Å²) in [6.45, 7) is 10.9. The van der Waals surface area contributed by atoms with Crippen LogP contribution in [-0.4, -0.2) is 86.6 Å². The molecule has 10 heteroatoms. The second-order valence-electron chi connectivity index (χ2n) is 11.8. The van der Waals surface area contributed by atoms with Crippen LogP contribution in [0.1, 0.15) is 129 Å². The van der Waals surface area contributed by atoms with E-state index in [0.29, 0.717) is 25.9 Å². The molecule has 8 N–H and O–H groups in total. The van der Waals surface area contributed by atoms with Crippen LogP contribution in [0.3, 0.4) is 0 Å². The first-order valence-corrected chi connectivity index (χ1v) is 17.1. The minimum atomic E-state index is -0.545. The number of rotatable bonds is 21. The fraction of sp³-hybridized carbons (Fsp3) is 0.938.